The largest absolute Gasteiger partial charge is 0.493 e. The van der Waals surface area contributed by atoms with Crippen LogP contribution in [0.5, 0.6) is 5.75 Å². The van der Waals surface area contributed by atoms with Gasteiger partial charge in [-0.15, -0.1) is 0 Å². The summed E-state index contributed by atoms with van der Waals surface area (Å²) in [5.41, 5.74) is 0.969. The maximum atomic E-state index is 11.6. The Hall–Kier alpha value is -2.07. The molecule has 4 nitrogen and oxygen atoms in total. The minimum atomic E-state index is -0.0594. The van der Waals surface area contributed by atoms with Gasteiger partial charge in [-0.1, -0.05) is 23.7 Å². The van der Waals surface area contributed by atoms with E-state index in [1.807, 2.05) is 12.1 Å². The number of ether oxygens (including phenoxy) is 1. The summed E-state index contributed by atoms with van der Waals surface area (Å²) in [6.45, 7) is 0.795. The molecule has 0 bridgehead atoms. The molecule has 0 atom stereocenters. The van der Waals surface area contributed by atoms with Crippen molar-refractivity contribution in [1.29, 1.82) is 0 Å². The fraction of sp³-hybridized carbons (Fsp3) is 0.200. The number of hydrogen-bond donors (Lipinski definition) is 1. The zero-order valence-electron chi connectivity index (χ0n) is 10.9. The van der Waals surface area contributed by atoms with E-state index in [0.717, 1.165) is 5.56 Å². The van der Waals surface area contributed by atoms with Crippen molar-refractivity contribution < 1.29 is 9.53 Å². The minimum absolute atomic E-state index is 0.0594. The van der Waals surface area contributed by atoms with Gasteiger partial charge in [-0.05, 0) is 29.8 Å². The summed E-state index contributed by atoms with van der Waals surface area (Å²) < 4.78 is 5.45. The molecular formula is C15H15ClN2O2. The number of hydrogen-bond acceptors (Lipinski definition) is 3. The highest BCUT2D eigenvalue weighted by Gasteiger charge is 2.02. The number of halogens is 1. The first-order chi connectivity index (χ1) is 9.74. The number of nitrogens with one attached hydrogen (secondary N) is 1. The highest BCUT2D eigenvalue weighted by Crippen LogP contribution is 2.17. The van der Waals surface area contributed by atoms with Gasteiger partial charge in [0.25, 0.3) is 0 Å². The van der Waals surface area contributed by atoms with Gasteiger partial charge < -0.3 is 10.1 Å². The zero-order valence-corrected chi connectivity index (χ0v) is 11.6. The monoisotopic (exact) mass is 290 g/mol. The van der Waals surface area contributed by atoms with E-state index in [1.165, 1.54) is 0 Å². The van der Waals surface area contributed by atoms with E-state index in [2.05, 4.69) is 10.3 Å². The lowest BCUT2D eigenvalue weighted by atomic mass is 10.3. The first-order valence-electron chi connectivity index (χ1n) is 6.28. The van der Waals surface area contributed by atoms with E-state index in [0.29, 0.717) is 30.3 Å². The van der Waals surface area contributed by atoms with Crippen LogP contribution in [0.3, 0.4) is 0 Å². The van der Waals surface area contributed by atoms with Crippen molar-refractivity contribution in [2.24, 2.45) is 0 Å². The standard InChI is InChI=1S/C15H15ClN2O2/c16-13-4-1-5-14(9-13)20-8-6-15(19)18-11-12-3-2-7-17-10-12/h1-5,7,9-10H,6,8,11H2,(H,18,19). The van der Waals surface area contributed by atoms with E-state index in [9.17, 15) is 4.79 Å². The fourth-order valence-corrected chi connectivity index (χ4v) is 1.79. The quantitative estimate of drug-likeness (QED) is 0.890. The maximum absolute atomic E-state index is 11.6. The molecule has 0 radical (unpaired) electrons. The van der Waals surface area contributed by atoms with E-state index in [1.54, 1.807) is 36.7 Å². The smallest absolute Gasteiger partial charge is 0.223 e. The molecule has 0 saturated carbocycles. The van der Waals surface area contributed by atoms with E-state index in [-0.39, 0.29) is 5.91 Å². The molecule has 0 aliphatic rings. The zero-order chi connectivity index (χ0) is 14.2. The lowest BCUT2D eigenvalue weighted by Gasteiger charge is -2.07. The molecule has 1 N–H and O–H groups in total. The van der Waals surface area contributed by atoms with Gasteiger partial charge in [0.15, 0.2) is 0 Å². The highest BCUT2D eigenvalue weighted by molar-refractivity contribution is 6.30. The summed E-state index contributed by atoms with van der Waals surface area (Å²) in [5.74, 6) is 0.605. The molecule has 2 aromatic rings. The Balaban J connectivity index is 1.68. The molecule has 20 heavy (non-hydrogen) atoms. The minimum Gasteiger partial charge on any atom is -0.493 e. The van der Waals surface area contributed by atoms with Crippen molar-refractivity contribution in [1.82, 2.24) is 10.3 Å². The highest BCUT2D eigenvalue weighted by atomic mass is 35.5. The summed E-state index contributed by atoms with van der Waals surface area (Å²) in [4.78, 5) is 15.6. The van der Waals surface area contributed by atoms with Crippen molar-refractivity contribution in [2.75, 3.05) is 6.61 Å². The number of carbonyl (C=O) groups is 1. The van der Waals surface area contributed by atoms with Crippen molar-refractivity contribution in [2.45, 2.75) is 13.0 Å². The molecule has 0 fully saturated rings. The van der Waals surface area contributed by atoms with Crippen LogP contribution in [0, 0.1) is 0 Å². The van der Waals surface area contributed by atoms with Crippen LogP contribution in [-0.4, -0.2) is 17.5 Å². The van der Waals surface area contributed by atoms with Gasteiger partial charge in [-0.25, -0.2) is 0 Å². The van der Waals surface area contributed by atoms with Crippen LogP contribution in [-0.2, 0) is 11.3 Å². The van der Waals surface area contributed by atoms with E-state index in [4.69, 9.17) is 16.3 Å². The Morgan fingerprint density at radius 1 is 1.30 bits per heavy atom. The molecule has 1 aromatic heterocycles. The van der Waals surface area contributed by atoms with Gasteiger partial charge in [0.05, 0.1) is 13.0 Å². The van der Waals surface area contributed by atoms with E-state index < -0.39 is 0 Å². The van der Waals surface area contributed by atoms with Crippen LogP contribution in [0.1, 0.15) is 12.0 Å². The van der Waals surface area contributed by atoms with Gasteiger partial charge in [0, 0.05) is 24.0 Å². The Morgan fingerprint density at radius 3 is 2.95 bits per heavy atom. The Bertz CT molecular complexity index is 561. The third kappa shape index (κ3) is 4.90. The molecular weight excluding hydrogens is 276 g/mol. The molecule has 2 rings (SSSR count). The molecule has 104 valence electrons. The molecule has 1 amide bonds. The lowest BCUT2D eigenvalue weighted by molar-refractivity contribution is -0.121. The van der Waals surface area contributed by atoms with Gasteiger partial charge in [0.1, 0.15) is 5.75 Å². The molecule has 0 unspecified atom stereocenters. The second-order valence-electron chi connectivity index (χ2n) is 4.19. The third-order valence-corrected chi connectivity index (χ3v) is 2.84. The topological polar surface area (TPSA) is 51.2 Å². The van der Waals surface area contributed by atoms with Gasteiger partial charge in [-0.2, -0.15) is 0 Å². The normalized spacial score (nSPS) is 10.1. The fourth-order valence-electron chi connectivity index (χ4n) is 1.61. The summed E-state index contributed by atoms with van der Waals surface area (Å²) >= 11 is 5.84. The van der Waals surface area contributed by atoms with Crippen molar-refractivity contribution >= 4 is 17.5 Å². The van der Waals surface area contributed by atoms with Crippen molar-refractivity contribution in [3.05, 3.63) is 59.4 Å². The Kier molecular flexibility index (Phi) is 5.38. The molecule has 0 aliphatic carbocycles. The lowest BCUT2D eigenvalue weighted by Crippen LogP contribution is -2.24. The number of rotatable bonds is 6. The van der Waals surface area contributed by atoms with Gasteiger partial charge in [0.2, 0.25) is 5.91 Å². The SMILES string of the molecule is O=C(CCOc1cccc(Cl)c1)NCc1cccnc1. The predicted molar refractivity (Wildman–Crippen MR) is 77.6 cm³/mol. The van der Waals surface area contributed by atoms with Crippen LogP contribution < -0.4 is 10.1 Å². The number of benzene rings is 1. The van der Waals surface area contributed by atoms with Gasteiger partial charge >= 0.3 is 0 Å². The first-order valence-corrected chi connectivity index (χ1v) is 6.66. The molecule has 1 heterocycles. The second kappa shape index (κ2) is 7.50. The Labute approximate surface area is 122 Å². The summed E-state index contributed by atoms with van der Waals surface area (Å²) in [6.07, 6.45) is 3.72. The van der Waals surface area contributed by atoms with Gasteiger partial charge in [-0.3, -0.25) is 9.78 Å². The van der Waals surface area contributed by atoms with Crippen LogP contribution >= 0.6 is 11.6 Å². The first kappa shape index (κ1) is 14.3. The number of carbonyl (C=O) groups excluding carboxylic acids is 1. The summed E-state index contributed by atoms with van der Waals surface area (Å²) in [6, 6.07) is 10.9. The number of aromatic nitrogens is 1. The summed E-state index contributed by atoms with van der Waals surface area (Å²) in [5, 5.41) is 3.43. The maximum Gasteiger partial charge on any atom is 0.223 e. The van der Waals surface area contributed by atoms with Crippen LogP contribution in [0.15, 0.2) is 48.8 Å². The molecule has 5 heteroatoms. The summed E-state index contributed by atoms with van der Waals surface area (Å²) in [7, 11) is 0. The molecule has 0 aliphatic heterocycles. The van der Waals surface area contributed by atoms with Crippen LogP contribution in [0.2, 0.25) is 5.02 Å². The molecule has 0 saturated heterocycles. The van der Waals surface area contributed by atoms with Crippen LogP contribution in [0.25, 0.3) is 0 Å². The average Bonchev–Trinajstić information content (AvgIpc) is 2.46. The van der Waals surface area contributed by atoms with Crippen molar-refractivity contribution in [3.8, 4) is 5.75 Å². The number of nitrogens with zero attached hydrogens (tertiary/aromatic N) is 1. The second-order valence-corrected chi connectivity index (χ2v) is 4.63. The Morgan fingerprint density at radius 2 is 2.20 bits per heavy atom. The molecule has 1 aromatic carbocycles. The third-order valence-electron chi connectivity index (χ3n) is 2.61. The van der Waals surface area contributed by atoms with Crippen molar-refractivity contribution in [3.63, 3.8) is 0 Å². The molecule has 0 spiro atoms. The van der Waals surface area contributed by atoms with Crippen LogP contribution in [0.4, 0.5) is 0 Å². The average molecular weight is 291 g/mol. The number of pyridine rings is 1. The number of amides is 1. The van der Waals surface area contributed by atoms with E-state index >= 15 is 0 Å². The predicted octanol–water partition coefficient (Wildman–Crippen LogP) is 2.82.